The summed E-state index contributed by atoms with van der Waals surface area (Å²) in [7, 11) is 2.05. The number of hydrogen-bond acceptors (Lipinski definition) is 9. The maximum absolute atomic E-state index is 4.65. The van der Waals surface area contributed by atoms with Gasteiger partial charge in [0.1, 0.15) is 22.9 Å². The third-order valence-electron chi connectivity index (χ3n) is 19.5. The Morgan fingerprint density at radius 3 is 1.28 bits per heavy atom. The second-order valence-electron chi connectivity index (χ2n) is 26.9. The molecule has 0 aliphatic rings. The summed E-state index contributed by atoms with van der Waals surface area (Å²) in [6.07, 6.45) is 13.5. The van der Waals surface area contributed by atoms with Crippen LogP contribution in [0.5, 0.6) is 0 Å². The first kappa shape index (κ1) is 73.7. The molecule has 113 heavy (non-hydrogen) atoms. The first-order chi connectivity index (χ1) is 55.5. The Labute approximate surface area is 656 Å². The summed E-state index contributed by atoms with van der Waals surface area (Å²) in [5.74, 6) is 3.53. The molecule has 15 heteroatoms. The third kappa shape index (κ3) is 16.5. The monoisotopic (exact) mass is 1470 g/mol. The van der Waals surface area contributed by atoms with Gasteiger partial charge in [0.05, 0.1) is 56.2 Å². The molecule has 0 N–H and O–H groups in total. The van der Waals surface area contributed by atoms with E-state index in [2.05, 4.69) is 243 Å². The molecule has 0 atom stereocenters. The van der Waals surface area contributed by atoms with Crippen molar-refractivity contribution in [2.45, 2.75) is 41.5 Å². The smallest absolute Gasteiger partial charge is 0.234 e. The summed E-state index contributed by atoms with van der Waals surface area (Å²) in [5, 5.41) is 2.46. The summed E-state index contributed by atoms with van der Waals surface area (Å²) < 4.78 is 12.6. The molecule has 0 bridgehead atoms. The second-order valence-corrected chi connectivity index (χ2v) is 26.9. The van der Waals surface area contributed by atoms with Gasteiger partial charge < -0.3 is 8.97 Å². The van der Waals surface area contributed by atoms with E-state index >= 15 is 0 Å². The van der Waals surface area contributed by atoms with Crippen molar-refractivity contribution >= 4 is 55.7 Å². The van der Waals surface area contributed by atoms with Crippen LogP contribution in [0.4, 0.5) is 0 Å². The zero-order chi connectivity index (χ0) is 77.4. The number of aryl methyl sites for hydroxylation is 7. The van der Waals surface area contributed by atoms with Crippen molar-refractivity contribution in [3.8, 4) is 73.2 Å². The van der Waals surface area contributed by atoms with E-state index in [-0.39, 0.29) is 0 Å². The maximum Gasteiger partial charge on any atom is 0.234 e. The number of imidazole rings is 6. The minimum Gasteiger partial charge on any atom is -0.327 e. The first-order valence-electron chi connectivity index (χ1n) is 37.6. The molecule has 0 fully saturated rings. The van der Waals surface area contributed by atoms with Gasteiger partial charge in [-0.3, -0.25) is 22.8 Å². The van der Waals surface area contributed by atoms with E-state index in [1.165, 1.54) is 55.5 Å². The van der Waals surface area contributed by atoms with Crippen LogP contribution in [0.2, 0.25) is 0 Å². The van der Waals surface area contributed by atoms with Crippen molar-refractivity contribution < 1.29 is 0 Å². The summed E-state index contributed by atoms with van der Waals surface area (Å²) in [6.45, 7) is 12.3. The number of pyridine rings is 3. The molecule has 0 spiro atoms. The van der Waals surface area contributed by atoms with Crippen LogP contribution in [0.25, 0.3) is 129 Å². The van der Waals surface area contributed by atoms with Crippen LogP contribution in [-0.2, 0) is 7.05 Å². The van der Waals surface area contributed by atoms with Crippen molar-refractivity contribution in [2.24, 2.45) is 7.05 Å². The fourth-order valence-corrected chi connectivity index (χ4v) is 14.1. The standard InChI is InChI=1S/C16H13N.4C14H12N2.2C13H11N3/c1-12-16(13-7-3-2-4-8-13)15-10-6-5-9-14(15)11-17-12;1-16-13-10-6-5-9-12(13)15-14(16)11-7-3-2-4-8-11;1-11-14(12-7-3-2-4-8-12)15-13-9-5-6-10-16(11)13;1-11-14(12-7-3-2-4-8-12)16-10-6-5-9-13(16)15-11;1-11-15-13-9-5-6-10-14(13)16(11)12-7-3-2-4-8-12;1-10-12(11-6-3-2-4-7-11)15-13-14-8-5-9-16(10)13;1-10-12(11-6-3-2-4-7-11)16-9-5-8-14-13(16)15-10/h2-11H,1H3;4*2-10H,1H3;2*2-9H,1H3. The molecule has 21 rings (SSSR count). The molecule has 0 radical (unpaired) electrons. The molecule has 0 saturated carbocycles. The predicted molar refractivity (Wildman–Crippen MR) is 461 cm³/mol. The van der Waals surface area contributed by atoms with Crippen molar-refractivity contribution in [1.29, 1.82) is 0 Å². The Balaban J connectivity index is 0.000000104. The van der Waals surface area contributed by atoms with Crippen molar-refractivity contribution in [2.75, 3.05) is 0 Å². The topological polar surface area (TPSA) is 144 Å². The van der Waals surface area contributed by atoms with E-state index in [9.17, 15) is 0 Å². The predicted octanol–water partition coefficient (Wildman–Crippen LogP) is 22.8. The van der Waals surface area contributed by atoms with Crippen molar-refractivity contribution in [3.63, 3.8) is 0 Å². The van der Waals surface area contributed by atoms with E-state index in [0.29, 0.717) is 0 Å². The van der Waals surface area contributed by atoms with Gasteiger partial charge >= 0.3 is 0 Å². The van der Waals surface area contributed by atoms with Gasteiger partial charge in [-0.2, -0.15) is 0 Å². The summed E-state index contributed by atoms with van der Waals surface area (Å²) in [5.41, 5.74) is 25.7. The molecule has 0 amide bonds. The lowest BCUT2D eigenvalue weighted by Gasteiger charge is -2.09. The molecule has 11 heterocycles. The average molecular weight is 1470 g/mol. The van der Waals surface area contributed by atoms with Gasteiger partial charge in [0.2, 0.25) is 11.6 Å². The molecule has 21 aromatic rings. The van der Waals surface area contributed by atoms with Crippen LogP contribution in [0.3, 0.4) is 0 Å². The lowest BCUT2D eigenvalue weighted by molar-refractivity contribution is 0.959. The Hall–Kier alpha value is -14.8. The number of rotatable bonds is 7. The molecular weight excluding hydrogens is 1390 g/mol. The van der Waals surface area contributed by atoms with Gasteiger partial charge in [-0.15, -0.1) is 0 Å². The number of aromatic nitrogens is 15. The fourth-order valence-electron chi connectivity index (χ4n) is 14.1. The van der Waals surface area contributed by atoms with Gasteiger partial charge in [-0.25, -0.2) is 39.9 Å². The van der Waals surface area contributed by atoms with Gasteiger partial charge in [0, 0.05) is 112 Å². The minimum absolute atomic E-state index is 0.749. The molecule has 0 aliphatic carbocycles. The Morgan fingerprint density at radius 2 is 0.708 bits per heavy atom. The number of fused-ring (bicyclic) bond motifs is 7. The van der Waals surface area contributed by atoms with Crippen LogP contribution < -0.4 is 0 Å². The van der Waals surface area contributed by atoms with Crippen LogP contribution >= 0.6 is 0 Å². The minimum atomic E-state index is 0.749. The summed E-state index contributed by atoms with van der Waals surface area (Å²) >= 11 is 0. The number of para-hydroxylation sites is 5. The van der Waals surface area contributed by atoms with Crippen LogP contribution in [0.1, 0.15) is 34.3 Å². The zero-order valence-electron chi connectivity index (χ0n) is 64.0. The Bertz CT molecular complexity index is 6120. The average Bonchev–Trinajstić information content (AvgIpc) is 1.77. The Kier molecular flexibility index (Phi) is 22.6. The van der Waals surface area contributed by atoms with Crippen LogP contribution in [-0.4, -0.2) is 71.6 Å². The normalized spacial score (nSPS) is 10.8. The van der Waals surface area contributed by atoms with Gasteiger partial charge in [-0.1, -0.05) is 261 Å². The van der Waals surface area contributed by atoms with Crippen LogP contribution in [0.15, 0.2) is 377 Å². The Morgan fingerprint density at radius 1 is 0.283 bits per heavy atom. The molecule has 0 saturated heterocycles. The second kappa shape index (κ2) is 34.6. The maximum atomic E-state index is 4.65. The molecule has 11 aromatic heterocycles. The largest absolute Gasteiger partial charge is 0.327 e. The SMILES string of the molecule is Cc1c(-c2ccccc2)nc2ccccn12.Cc1c(-c2ccccc2)nc2ncccn12.Cc1nc2ccccc2n1-c1ccccc1.Cc1nc2ccccn2c1-c1ccccc1.Cc1nc2ncccn2c1-c1ccccc1.Cc1ncc2ccccc2c1-c1ccccc1.Cn1c(-c2ccccc2)nc2ccccc21. The van der Waals surface area contributed by atoms with Crippen molar-refractivity contribution in [1.82, 2.24) is 71.6 Å². The van der Waals surface area contributed by atoms with E-state index in [4.69, 9.17) is 0 Å². The molecular formula is C98H83N15. The lowest BCUT2D eigenvalue weighted by Crippen LogP contribution is -1.95. The number of benzene rings is 10. The van der Waals surface area contributed by atoms with Gasteiger partial charge in [0.25, 0.3) is 0 Å². The third-order valence-corrected chi connectivity index (χ3v) is 19.5. The van der Waals surface area contributed by atoms with E-state index in [1.54, 1.807) is 12.4 Å². The van der Waals surface area contributed by atoms with Gasteiger partial charge in [-0.05, 0) is 125 Å². The number of hydrogen-bond donors (Lipinski definition) is 0. The van der Waals surface area contributed by atoms with E-state index in [1.807, 2.05) is 242 Å². The quantitative estimate of drug-likeness (QED) is 0.152. The highest BCUT2D eigenvalue weighted by Crippen LogP contribution is 2.32. The summed E-state index contributed by atoms with van der Waals surface area (Å²) in [6, 6.07) is 113. The fraction of sp³-hybridized carbons (Fsp3) is 0.0714. The number of nitrogens with zero attached hydrogens (tertiary/aromatic N) is 15. The molecule has 550 valence electrons. The zero-order valence-corrected chi connectivity index (χ0v) is 64.0. The molecule has 15 nitrogen and oxygen atoms in total. The van der Waals surface area contributed by atoms with Gasteiger partial charge in [0.15, 0.2) is 0 Å². The highest BCUT2D eigenvalue weighted by Gasteiger charge is 2.16. The molecule has 0 unspecified atom stereocenters. The lowest BCUT2D eigenvalue weighted by atomic mass is 9.98. The molecule has 10 aromatic carbocycles. The first-order valence-corrected chi connectivity index (χ1v) is 37.6. The van der Waals surface area contributed by atoms with Crippen LogP contribution in [0, 0.1) is 41.5 Å². The molecule has 0 aliphatic heterocycles. The van der Waals surface area contributed by atoms with E-state index in [0.717, 1.165) is 108 Å². The van der Waals surface area contributed by atoms with Crippen molar-refractivity contribution in [3.05, 3.63) is 411 Å². The van der Waals surface area contributed by atoms with E-state index < -0.39 is 0 Å². The highest BCUT2D eigenvalue weighted by molar-refractivity contribution is 5.97. The highest BCUT2D eigenvalue weighted by atomic mass is 15.1. The summed E-state index contributed by atoms with van der Waals surface area (Å²) in [4.78, 5) is 40.3.